The summed E-state index contributed by atoms with van der Waals surface area (Å²) < 4.78 is 28.2. The number of nitrogens with zero attached hydrogens (tertiary/aromatic N) is 4. The predicted molar refractivity (Wildman–Crippen MR) is 84.8 cm³/mol. The molecule has 3 aromatic rings. The van der Waals surface area contributed by atoms with Gasteiger partial charge in [-0.3, -0.25) is 4.40 Å². The Morgan fingerprint density at radius 2 is 1.91 bits per heavy atom. The van der Waals surface area contributed by atoms with Gasteiger partial charge in [-0.25, -0.2) is 13.8 Å². The number of hydrogen-bond acceptors (Lipinski definition) is 3. The zero-order valence-corrected chi connectivity index (χ0v) is 13.2. The summed E-state index contributed by atoms with van der Waals surface area (Å²) in [6.07, 6.45) is 1.31. The van der Waals surface area contributed by atoms with Gasteiger partial charge in [0.15, 0.2) is 5.82 Å². The van der Waals surface area contributed by atoms with E-state index in [1.807, 2.05) is 13.8 Å². The lowest BCUT2D eigenvalue weighted by Crippen LogP contribution is -1.88. The monoisotopic (exact) mass is 334 g/mol. The third kappa shape index (κ3) is 3.07. The lowest BCUT2D eigenvalue weighted by atomic mass is 10.1. The van der Waals surface area contributed by atoms with Gasteiger partial charge < -0.3 is 0 Å². The number of hydrogen-bond donors (Lipinski definition) is 0. The highest BCUT2D eigenvalue weighted by Crippen LogP contribution is 2.30. The lowest BCUT2D eigenvalue weighted by molar-refractivity contribution is 0.619. The molecule has 0 saturated carbocycles. The Labute approximate surface area is 136 Å². The van der Waals surface area contributed by atoms with Gasteiger partial charge in [0.2, 0.25) is 0 Å². The second kappa shape index (κ2) is 6.04. The van der Waals surface area contributed by atoms with Crippen molar-refractivity contribution in [1.82, 2.24) is 9.38 Å². The number of imidazole rings is 1. The molecule has 2 aromatic heterocycles. The summed E-state index contributed by atoms with van der Waals surface area (Å²) in [7, 11) is 0. The van der Waals surface area contributed by atoms with Crippen molar-refractivity contribution in [1.29, 1.82) is 0 Å². The average Bonchev–Trinajstić information content (AvgIpc) is 2.86. The van der Waals surface area contributed by atoms with Crippen molar-refractivity contribution in [3.05, 3.63) is 58.9 Å². The van der Waals surface area contributed by atoms with E-state index in [1.54, 1.807) is 10.5 Å². The highest BCUT2D eigenvalue weighted by atomic mass is 35.5. The maximum atomic E-state index is 13.5. The number of azo groups is 1. The molecule has 7 heteroatoms. The minimum atomic E-state index is -0.523. The molecule has 0 aliphatic rings. The quantitative estimate of drug-likeness (QED) is 0.558. The number of rotatable bonds is 3. The van der Waals surface area contributed by atoms with Gasteiger partial charge in [-0.05, 0) is 36.2 Å². The molecule has 23 heavy (non-hydrogen) atoms. The van der Waals surface area contributed by atoms with Gasteiger partial charge >= 0.3 is 0 Å². The number of pyridine rings is 1. The van der Waals surface area contributed by atoms with Gasteiger partial charge in [0.25, 0.3) is 0 Å². The van der Waals surface area contributed by atoms with Crippen LogP contribution in [0.15, 0.2) is 46.8 Å². The van der Waals surface area contributed by atoms with Gasteiger partial charge in [-0.2, -0.15) is 0 Å². The van der Waals surface area contributed by atoms with Gasteiger partial charge in [-0.1, -0.05) is 25.4 Å². The van der Waals surface area contributed by atoms with Crippen LogP contribution in [0.3, 0.4) is 0 Å². The van der Waals surface area contributed by atoms with Gasteiger partial charge in [0.05, 0.1) is 16.4 Å². The second-order valence-electron chi connectivity index (χ2n) is 5.35. The molecule has 4 nitrogen and oxygen atoms in total. The fourth-order valence-corrected chi connectivity index (χ4v) is 2.34. The lowest BCUT2D eigenvalue weighted by Gasteiger charge is -2.02. The third-order valence-corrected chi connectivity index (χ3v) is 3.58. The summed E-state index contributed by atoms with van der Waals surface area (Å²) in [5.74, 6) is -0.393. The third-order valence-electron chi connectivity index (χ3n) is 3.29. The molecular weight excluding hydrogens is 322 g/mol. The molecule has 0 amide bonds. The molecule has 0 spiro atoms. The smallest absolute Gasteiger partial charge is 0.183 e. The van der Waals surface area contributed by atoms with E-state index in [2.05, 4.69) is 15.2 Å². The summed E-state index contributed by atoms with van der Waals surface area (Å²) >= 11 is 5.73. The minimum Gasteiger partial charge on any atom is -0.280 e. The standard InChI is InChI=1S/C16H13ClF2N4/c1-9(2)15-16(23-8-10(18)3-6-14(23)20-15)22-21-11-4-5-13(19)12(17)7-11/h3-9H,1-2H3. The SMILES string of the molecule is CC(C)c1nc2ccc(F)cn2c1N=Nc1ccc(F)c(Cl)c1. The van der Waals surface area contributed by atoms with Crippen LogP contribution < -0.4 is 0 Å². The van der Waals surface area contributed by atoms with Crippen LogP contribution in [-0.2, 0) is 0 Å². The van der Waals surface area contributed by atoms with E-state index in [1.165, 1.54) is 30.5 Å². The fraction of sp³-hybridized carbons (Fsp3) is 0.188. The Morgan fingerprint density at radius 3 is 2.61 bits per heavy atom. The molecule has 1 aromatic carbocycles. The number of fused-ring (bicyclic) bond motifs is 1. The number of halogens is 3. The number of benzene rings is 1. The Morgan fingerprint density at radius 1 is 1.13 bits per heavy atom. The molecule has 0 bridgehead atoms. The average molecular weight is 335 g/mol. The Kier molecular flexibility index (Phi) is 4.09. The molecule has 0 radical (unpaired) electrons. The summed E-state index contributed by atoms with van der Waals surface area (Å²) in [5.41, 5.74) is 1.69. The highest BCUT2D eigenvalue weighted by Gasteiger charge is 2.15. The van der Waals surface area contributed by atoms with Gasteiger partial charge in [0.1, 0.15) is 17.3 Å². The van der Waals surface area contributed by atoms with Crippen LogP contribution in [0.5, 0.6) is 0 Å². The largest absolute Gasteiger partial charge is 0.280 e. The molecule has 118 valence electrons. The topological polar surface area (TPSA) is 42.0 Å². The summed E-state index contributed by atoms with van der Waals surface area (Å²) in [6, 6.07) is 6.97. The van der Waals surface area contributed by atoms with E-state index in [4.69, 9.17) is 11.6 Å². The number of aromatic nitrogens is 2. The summed E-state index contributed by atoms with van der Waals surface area (Å²) in [6.45, 7) is 3.93. The first kappa shape index (κ1) is 15.6. The minimum absolute atomic E-state index is 0.0327. The van der Waals surface area contributed by atoms with Gasteiger partial charge in [-0.15, -0.1) is 10.2 Å². The normalized spacial score (nSPS) is 11.9. The van der Waals surface area contributed by atoms with Crippen molar-refractivity contribution < 1.29 is 8.78 Å². The van der Waals surface area contributed by atoms with Gasteiger partial charge in [0, 0.05) is 6.20 Å². The van der Waals surface area contributed by atoms with E-state index >= 15 is 0 Å². The predicted octanol–water partition coefficient (Wildman–Crippen LogP) is 5.80. The second-order valence-corrected chi connectivity index (χ2v) is 5.76. The van der Waals surface area contributed by atoms with Crippen molar-refractivity contribution in [2.24, 2.45) is 10.2 Å². The molecule has 0 N–H and O–H groups in total. The molecule has 0 aliphatic heterocycles. The molecule has 2 heterocycles. The molecule has 3 rings (SSSR count). The van der Waals surface area contributed by atoms with Crippen LogP contribution >= 0.6 is 11.6 Å². The first-order valence-corrected chi connectivity index (χ1v) is 7.38. The van der Waals surface area contributed by atoms with Crippen molar-refractivity contribution in [3.63, 3.8) is 0 Å². The maximum Gasteiger partial charge on any atom is 0.183 e. The first-order valence-electron chi connectivity index (χ1n) is 7.00. The van der Waals surface area contributed by atoms with E-state index in [9.17, 15) is 8.78 Å². The Hall–Kier alpha value is -2.34. The zero-order chi connectivity index (χ0) is 16.6. The molecule has 0 unspecified atom stereocenters. The summed E-state index contributed by atoms with van der Waals surface area (Å²) in [5, 5.41) is 8.21. The van der Waals surface area contributed by atoms with E-state index in [-0.39, 0.29) is 10.9 Å². The van der Waals surface area contributed by atoms with Crippen LogP contribution in [0.2, 0.25) is 5.02 Å². The van der Waals surface area contributed by atoms with Crippen LogP contribution in [-0.4, -0.2) is 9.38 Å². The fourth-order valence-electron chi connectivity index (χ4n) is 2.16. The van der Waals surface area contributed by atoms with Crippen LogP contribution in [0.25, 0.3) is 5.65 Å². The maximum absolute atomic E-state index is 13.5. The molecule has 0 fully saturated rings. The van der Waals surface area contributed by atoms with Crippen molar-refractivity contribution >= 4 is 28.8 Å². The molecular formula is C16H13ClF2N4. The molecule has 0 saturated heterocycles. The Bertz CT molecular complexity index is 902. The van der Waals surface area contributed by atoms with Crippen LogP contribution in [0, 0.1) is 11.6 Å². The van der Waals surface area contributed by atoms with E-state index in [0.29, 0.717) is 22.8 Å². The van der Waals surface area contributed by atoms with Crippen LogP contribution in [0.4, 0.5) is 20.3 Å². The summed E-state index contributed by atoms with van der Waals surface area (Å²) in [4.78, 5) is 4.45. The van der Waals surface area contributed by atoms with Crippen molar-refractivity contribution in [2.45, 2.75) is 19.8 Å². The Balaban J connectivity index is 2.10. The van der Waals surface area contributed by atoms with Crippen LogP contribution in [0.1, 0.15) is 25.5 Å². The highest BCUT2D eigenvalue weighted by molar-refractivity contribution is 6.30. The van der Waals surface area contributed by atoms with Crippen molar-refractivity contribution in [2.75, 3.05) is 0 Å². The van der Waals surface area contributed by atoms with E-state index in [0.717, 1.165) is 0 Å². The first-order chi connectivity index (χ1) is 11.0. The van der Waals surface area contributed by atoms with Crippen molar-refractivity contribution in [3.8, 4) is 0 Å². The zero-order valence-electron chi connectivity index (χ0n) is 12.5. The van der Waals surface area contributed by atoms with E-state index < -0.39 is 11.6 Å². The molecule has 0 aliphatic carbocycles. The molecule has 0 atom stereocenters.